The van der Waals surface area contributed by atoms with Crippen molar-refractivity contribution < 1.29 is 9.53 Å². The normalized spacial score (nSPS) is 12.0. The number of hydrogen-bond acceptors (Lipinski definition) is 3. The van der Waals surface area contributed by atoms with Gasteiger partial charge in [-0.05, 0) is 42.8 Å². The molecule has 0 fully saturated rings. The predicted octanol–water partition coefficient (Wildman–Crippen LogP) is 4.19. The van der Waals surface area contributed by atoms with Crippen LogP contribution in [0.4, 0.5) is 0 Å². The Labute approximate surface area is 128 Å². The van der Waals surface area contributed by atoms with Gasteiger partial charge in [-0.2, -0.15) is 0 Å². The lowest BCUT2D eigenvalue weighted by atomic mass is 10.1. The van der Waals surface area contributed by atoms with Crippen LogP contribution in [0.25, 0.3) is 11.1 Å². The quantitative estimate of drug-likeness (QED) is 0.554. The molecule has 22 heavy (non-hydrogen) atoms. The minimum Gasteiger partial charge on any atom is -0.455 e. The topological polar surface area (TPSA) is 39.2 Å². The van der Waals surface area contributed by atoms with Crippen molar-refractivity contribution in [3.05, 3.63) is 77.6 Å². The SMILES string of the molecule is Cc1ncccc1Oc1cc[c]c2c1C(=O)c1ccccc1-2. The molecule has 0 saturated heterocycles. The number of aromatic nitrogens is 1. The molecule has 0 spiro atoms. The molecule has 0 unspecified atom stereocenters. The van der Waals surface area contributed by atoms with Crippen molar-refractivity contribution in [2.45, 2.75) is 6.92 Å². The fourth-order valence-corrected chi connectivity index (χ4v) is 2.73. The second-order valence-electron chi connectivity index (χ2n) is 5.16. The van der Waals surface area contributed by atoms with Gasteiger partial charge in [0.25, 0.3) is 0 Å². The fraction of sp³-hybridized carbons (Fsp3) is 0.0526. The first-order chi connectivity index (χ1) is 10.8. The van der Waals surface area contributed by atoms with Gasteiger partial charge in [-0.25, -0.2) is 0 Å². The van der Waals surface area contributed by atoms with Crippen molar-refractivity contribution in [2.75, 3.05) is 0 Å². The van der Waals surface area contributed by atoms with Gasteiger partial charge < -0.3 is 4.74 Å². The van der Waals surface area contributed by atoms with Crippen LogP contribution in [0.2, 0.25) is 0 Å². The Balaban J connectivity index is 1.85. The number of ketones is 1. The summed E-state index contributed by atoms with van der Waals surface area (Å²) in [5, 5.41) is 0. The molecule has 1 aliphatic carbocycles. The molecule has 1 heterocycles. The molecule has 2 aromatic carbocycles. The Bertz CT molecular complexity index is 899. The summed E-state index contributed by atoms with van der Waals surface area (Å²) >= 11 is 0. The number of rotatable bonds is 2. The smallest absolute Gasteiger partial charge is 0.198 e. The van der Waals surface area contributed by atoms with Crippen LogP contribution in [-0.2, 0) is 0 Å². The first-order valence-electron chi connectivity index (χ1n) is 7.04. The monoisotopic (exact) mass is 286 g/mol. The highest BCUT2D eigenvalue weighted by atomic mass is 16.5. The van der Waals surface area contributed by atoms with Gasteiger partial charge in [0.2, 0.25) is 0 Å². The first kappa shape index (κ1) is 12.8. The Hall–Kier alpha value is -2.94. The van der Waals surface area contributed by atoms with Crippen molar-refractivity contribution in [1.82, 2.24) is 4.98 Å². The number of ether oxygens (including phenoxy) is 1. The summed E-state index contributed by atoms with van der Waals surface area (Å²) < 4.78 is 5.95. The predicted molar refractivity (Wildman–Crippen MR) is 83.2 cm³/mol. The Morgan fingerprint density at radius 2 is 1.82 bits per heavy atom. The van der Waals surface area contributed by atoms with E-state index in [0.717, 1.165) is 16.8 Å². The third-order valence-electron chi connectivity index (χ3n) is 3.81. The molecule has 105 valence electrons. The molecular weight excluding hydrogens is 274 g/mol. The number of hydrogen-bond donors (Lipinski definition) is 0. The van der Waals surface area contributed by atoms with Crippen LogP contribution in [-0.4, -0.2) is 10.8 Å². The second kappa shape index (κ2) is 4.81. The number of nitrogens with zero attached hydrogens (tertiary/aromatic N) is 1. The number of carbonyl (C=O) groups is 1. The molecule has 0 amide bonds. The lowest BCUT2D eigenvalue weighted by molar-refractivity contribution is 0.104. The van der Waals surface area contributed by atoms with E-state index in [1.54, 1.807) is 18.3 Å². The largest absolute Gasteiger partial charge is 0.455 e. The molecule has 3 nitrogen and oxygen atoms in total. The molecule has 0 atom stereocenters. The van der Waals surface area contributed by atoms with Crippen LogP contribution in [0, 0.1) is 13.0 Å². The minimum atomic E-state index is -0.0148. The maximum Gasteiger partial charge on any atom is 0.198 e. The molecule has 0 N–H and O–H groups in total. The molecule has 1 aromatic heterocycles. The standard InChI is InChI=1S/C19H12NO2/c1-12-16(10-5-11-20-12)22-17-9-4-8-14-13-6-2-3-7-15(13)19(21)18(14)17/h2-7,9-11H,1H3. The van der Waals surface area contributed by atoms with Gasteiger partial charge in [0.1, 0.15) is 11.5 Å². The Morgan fingerprint density at radius 3 is 2.64 bits per heavy atom. The molecule has 1 radical (unpaired) electrons. The van der Waals surface area contributed by atoms with E-state index < -0.39 is 0 Å². The average molecular weight is 286 g/mol. The summed E-state index contributed by atoms with van der Waals surface area (Å²) in [5.41, 5.74) is 3.78. The molecule has 1 aliphatic rings. The van der Waals surface area contributed by atoms with Crippen LogP contribution in [0.5, 0.6) is 11.5 Å². The van der Waals surface area contributed by atoms with Gasteiger partial charge in [-0.3, -0.25) is 9.78 Å². The van der Waals surface area contributed by atoms with Gasteiger partial charge >= 0.3 is 0 Å². The summed E-state index contributed by atoms with van der Waals surface area (Å²) in [4.78, 5) is 16.9. The molecule has 0 saturated carbocycles. The minimum absolute atomic E-state index is 0.0148. The van der Waals surface area contributed by atoms with Crippen molar-refractivity contribution >= 4 is 5.78 Å². The van der Waals surface area contributed by atoms with Crippen LogP contribution in [0.15, 0.2) is 54.7 Å². The number of fused-ring (bicyclic) bond motifs is 3. The Morgan fingerprint density at radius 1 is 1.00 bits per heavy atom. The van der Waals surface area contributed by atoms with E-state index in [9.17, 15) is 4.79 Å². The lowest BCUT2D eigenvalue weighted by Gasteiger charge is -2.10. The molecule has 0 bridgehead atoms. The van der Waals surface area contributed by atoms with Gasteiger partial charge in [0.05, 0.1) is 11.3 Å². The van der Waals surface area contributed by atoms with Gasteiger partial charge in [-0.1, -0.05) is 24.3 Å². The highest BCUT2D eigenvalue weighted by Crippen LogP contribution is 2.41. The van der Waals surface area contributed by atoms with Crippen molar-refractivity contribution in [3.8, 4) is 22.6 Å². The third-order valence-corrected chi connectivity index (χ3v) is 3.81. The van der Waals surface area contributed by atoms with E-state index in [0.29, 0.717) is 22.6 Å². The van der Waals surface area contributed by atoms with Crippen LogP contribution < -0.4 is 4.74 Å². The molecular formula is C19H12NO2. The summed E-state index contributed by atoms with van der Waals surface area (Å²) in [6.45, 7) is 1.88. The van der Waals surface area contributed by atoms with E-state index in [1.165, 1.54) is 0 Å². The van der Waals surface area contributed by atoms with E-state index in [4.69, 9.17) is 4.74 Å². The number of pyridine rings is 1. The molecule has 3 heteroatoms. The van der Waals surface area contributed by atoms with Crippen molar-refractivity contribution in [3.63, 3.8) is 0 Å². The first-order valence-corrected chi connectivity index (χ1v) is 7.04. The van der Waals surface area contributed by atoms with Crippen LogP contribution in [0.3, 0.4) is 0 Å². The maximum atomic E-state index is 12.7. The van der Waals surface area contributed by atoms with Gasteiger partial charge in [0, 0.05) is 17.3 Å². The molecule has 4 rings (SSSR count). The van der Waals surface area contributed by atoms with Crippen molar-refractivity contribution in [2.24, 2.45) is 0 Å². The zero-order valence-corrected chi connectivity index (χ0v) is 12.0. The molecule has 0 aliphatic heterocycles. The lowest BCUT2D eigenvalue weighted by Crippen LogP contribution is -1.99. The zero-order chi connectivity index (χ0) is 15.1. The molecule has 3 aromatic rings. The average Bonchev–Trinajstić information content (AvgIpc) is 2.84. The van der Waals surface area contributed by atoms with Gasteiger partial charge in [-0.15, -0.1) is 0 Å². The number of aryl methyl sites for hydroxylation is 1. The highest BCUT2D eigenvalue weighted by Gasteiger charge is 2.29. The van der Waals surface area contributed by atoms with Crippen LogP contribution in [0.1, 0.15) is 21.6 Å². The van der Waals surface area contributed by atoms with Crippen molar-refractivity contribution in [1.29, 1.82) is 0 Å². The van der Waals surface area contributed by atoms with E-state index in [1.807, 2.05) is 43.3 Å². The highest BCUT2D eigenvalue weighted by molar-refractivity contribution is 6.23. The number of carbonyl (C=O) groups excluding carboxylic acids is 1. The summed E-state index contributed by atoms with van der Waals surface area (Å²) in [6.07, 6.45) is 1.71. The fourth-order valence-electron chi connectivity index (χ4n) is 2.73. The zero-order valence-electron chi connectivity index (χ0n) is 12.0. The van der Waals surface area contributed by atoms with E-state index in [-0.39, 0.29) is 5.78 Å². The third kappa shape index (κ3) is 1.83. The van der Waals surface area contributed by atoms with E-state index in [2.05, 4.69) is 11.1 Å². The van der Waals surface area contributed by atoms with Gasteiger partial charge in [0.15, 0.2) is 5.78 Å². The number of benzene rings is 2. The van der Waals surface area contributed by atoms with Crippen LogP contribution >= 0.6 is 0 Å². The van der Waals surface area contributed by atoms with E-state index >= 15 is 0 Å². The summed E-state index contributed by atoms with van der Waals surface area (Å²) in [5.74, 6) is 1.18. The second-order valence-corrected chi connectivity index (χ2v) is 5.16. The summed E-state index contributed by atoms with van der Waals surface area (Å²) in [7, 11) is 0. The Kier molecular flexibility index (Phi) is 2.79. The summed E-state index contributed by atoms with van der Waals surface area (Å²) in [6, 6.07) is 17.9. The maximum absolute atomic E-state index is 12.7.